The zero-order chi connectivity index (χ0) is 19.1. The van der Waals surface area contributed by atoms with Crippen LogP contribution in [0.2, 0.25) is 5.02 Å². The van der Waals surface area contributed by atoms with Gasteiger partial charge < -0.3 is 19.5 Å². The third-order valence-corrected chi connectivity index (χ3v) is 5.06. The molecular weight excluding hydrogens is 350 g/mol. The molecule has 1 atom stereocenters. The van der Waals surface area contributed by atoms with Gasteiger partial charge in [-0.15, -0.1) is 0 Å². The highest BCUT2D eigenvalue weighted by molar-refractivity contribution is 6.30. The van der Waals surface area contributed by atoms with Gasteiger partial charge in [0.25, 0.3) is 0 Å². The van der Waals surface area contributed by atoms with E-state index in [1.165, 1.54) is 6.42 Å². The highest BCUT2D eigenvalue weighted by atomic mass is 35.5. The van der Waals surface area contributed by atoms with Gasteiger partial charge in [0, 0.05) is 58.7 Å². The van der Waals surface area contributed by atoms with Crippen LogP contribution in [0.5, 0.6) is 0 Å². The lowest BCUT2D eigenvalue weighted by Crippen LogP contribution is -2.51. The number of hydrogen-bond donors (Lipinski definition) is 1. The van der Waals surface area contributed by atoms with Crippen molar-refractivity contribution >= 4 is 17.6 Å². The van der Waals surface area contributed by atoms with Crippen molar-refractivity contribution in [2.24, 2.45) is 18.0 Å². The molecule has 148 valence electrons. The number of nitrogens with one attached hydrogen (secondary N) is 1. The molecule has 0 spiro atoms. The predicted octanol–water partition coefficient (Wildman–Crippen LogP) is 2.43. The molecule has 1 fully saturated rings. The lowest BCUT2D eigenvalue weighted by molar-refractivity contribution is 0.0131. The SMILES string of the molecule is CN=C(NCC(CC(C)C)N1CCOCC1)N(C)Cc1cc(Cl)cn1C. The van der Waals surface area contributed by atoms with E-state index in [9.17, 15) is 0 Å². The normalized spacial score (nSPS) is 17.6. The Morgan fingerprint density at radius 1 is 1.38 bits per heavy atom. The number of aryl methyl sites for hydroxylation is 1. The summed E-state index contributed by atoms with van der Waals surface area (Å²) in [6.07, 6.45) is 3.10. The largest absolute Gasteiger partial charge is 0.379 e. The Hall–Kier alpha value is -1.24. The predicted molar refractivity (Wildman–Crippen MR) is 109 cm³/mol. The van der Waals surface area contributed by atoms with Gasteiger partial charge in [0.15, 0.2) is 5.96 Å². The summed E-state index contributed by atoms with van der Waals surface area (Å²) in [6, 6.07) is 2.49. The van der Waals surface area contributed by atoms with Crippen LogP contribution in [0.3, 0.4) is 0 Å². The quantitative estimate of drug-likeness (QED) is 0.580. The number of morpholine rings is 1. The van der Waals surface area contributed by atoms with E-state index in [1.54, 1.807) is 0 Å². The first-order valence-electron chi connectivity index (χ1n) is 9.45. The Kier molecular flexibility index (Phi) is 8.25. The number of aliphatic imine (C=N–C) groups is 1. The minimum Gasteiger partial charge on any atom is -0.379 e. The summed E-state index contributed by atoms with van der Waals surface area (Å²) in [4.78, 5) is 9.14. The summed E-state index contributed by atoms with van der Waals surface area (Å²) in [6.45, 7) is 9.90. The summed E-state index contributed by atoms with van der Waals surface area (Å²) in [7, 11) is 5.91. The van der Waals surface area contributed by atoms with Gasteiger partial charge in [0.2, 0.25) is 0 Å². The molecule has 1 N–H and O–H groups in total. The molecule has 1 aromatic heterocycles. The Morgan fingerprint density at radius 3 is 2.62 bits per heavy atom. The molecule has 1 aliphatic rings. The monoisotopic (exact) mass is 383 g/mol. The third-order valence-electron chi connectivity index (χ3n) is 4.85. The highest BCUT2D eigenvalue weighted by Crippen LogP contribution is 2.15. The fourth-order valence-corrected chi connectivity index (χ4v) is 3.76. The van der Waals surface area contributed by atoms with Crippen LogP contribution < -0.4 is 5.32 Å². The first kappa shape index (κ1) is 21.1. The zero-order valence-electron chi connectivity index (χ0n) is 16.8. The lowest BCUT2D eigenvalue weighted by atomic mass is 10.0. The van der Waals surface area contributed by atoms with Crippen LogP contribution in [0, 0.1) is 5.92 Å². The summed E-state index contributed by atoms with van der Waals surface area (Å²) >= 11 is 6.10. The molecule has 0 bridgehead atoms. The molecule has 0 saturated carbocycles. The molecule has 26 heavy (non-hydrogen) atoms. The summed E-state index contributed by atoms with van der Waals surface area (Å²) in [5, 5.41) is 4.34. The standard InChI is InChI=1S/C19H34ClN5O/c1-15(2)10-17(25-6-8-26-9-7-25)12-22-19(21-3)24(5)14-18-11-16(20)13-23(18)4/h11,13,15,17H,6-10,12,14H2,1-5H3,(H,21,22). The van der Waals surface area contributed by atoms with E-state index in [2.05, 4.69) is 45.6 Å². The summed E-state index contributed by atoms with van der Waals surface area (Å²) in [5.74, 6) is 1.57. The summed E-state index contributed by atoms with van der Waals surface area (Å²) in [5.41, 5.74) is 1.16. The van der Waals surface area contributed by atoms with E-state index in [-0.39, 0.29) is 0 Å². The Morgan fingerprint density at radius 2 is 2.08 bits per heavy atom. The molecule has 1 unspecified atom stereocenters. The van der Waals surface area contributed by atoms with Crippen LogP contribution in [0.25, 0.3) is 0 Å². The van der Waals surface area contributed by atoms with Gasteiger partial charge in [-0.1, -0.05) is 25.4 Å². The number of guanidine groups is 1. The molecule has 1 aromatic rings. The topological polar surface area (TPSA) is 45.0 Å². The smallest absolute Gasteiger partial charge is 0.193 e. The van der Waals surface area contributed by atoms with E-state index in [4.69, 9.17) is 16.3 Å². The molecule has 0 radical (unpaired) electrons. The van der Waals surface area contributed by atoms with Gasteiger partial charge in [-0.05, 0) is 18.4 Å². The van der Waals surface area contributed by atoms with Crippen molar-refractivity contribution in [3.05, 3.63) is 23.0 Å². The zero-order valence-corrected chi connectivity index (χ0v) is 17.6. The van der Waals surface area contributed by atoms with Crippen LogP contribution in [-0.2, 0) is 18.3 Å². The molecule has 2 heterocycles. The molecule has 7 heteroatoms. The average Bonchev–Trinajstić information content (AvgIpc) is 2.92. The van der Waals surface area contributed by atoms with Crippen molar-refractivity contribution < 1.29 is 4.74 Å². The first-order valence-corrected chi connectivity index (χ1v) is 9.82. The van der Waals surface area contributed by atoms with Gasteiger partial charge in [0.05, 0.1) is 24.8 Å². The van der Waals surface area contributed by atoms with E-state index in [1.807, 2.05) is 26.4 Å². The van der Waals surface area contributed by atoms with Gasteiger partial charge in [-0.3, -0.25) is 9.89 Å². The second kappa shape index (κ2) is 10.2. The van der Waals surface area contributed by atoms with Gasteiger partial charge in [-0.25, -0.2) is 0 Å². The van der Waals surface area contributed by atoms with E-state index in [0.717, 1.165) is 56.1 Å². The first-order chi connectivity index (χ1) is 12.4. The maximum absolute atomic E-state index is 6.10. The van der Waals surface area contributed by atoms with Crippen LogP contribution >= 0.6 is 11.6 Å². The van der Waals surface area contributed by atoms with Crippen molar-refractivity contribution in [3.63, 3.8) is 0 Å². The van der Waals surface area contributed by atoms with Crippen LogP contribution in [0.1, 0.15) is 26.0 Å². The van der Waals surface area contributed by atoms with Gasteiger partial charge in [-0.2, -0.15) is 0 Å². The minimum atomic E-state index is 0.494. The molecule has 6 nitrogen and oxygen atoms in total. The minimum absolute atomic E-state index is 0.494. The lowest BCUT2D eigenvalue weighted by Gasteiger charge is -2.36. The van der Waals surface area contributed by atoms with E-state index >= 15 is 0 Å². The van der Waals surface area contributed by atoms with Crippen LogP contribution in [-0.4, -0.2) is 73.3 Å². The molecule has 1 aliphatic heterocycles. The van der Waals surface area contributed by atoms with Crippen LogP contribution in [0.4, 0.5) is 0 Å². The number of halogens is 1. The van der Waals surface area contributed by atoms with Crippen molar-refractivity contribution in [3.8, 4) is 0 Å². The fraction of sp³-hybridized carbons (Fsp3) is 0.737. The van der Waals surface area contributed by atoms with E-state index in [0.29, 0.717) is 12.0 Å². The molecule has 1 saturated heterocycles. The van der Waals surface area contributed by atoms with E-state index < -0.39 is 0 Å². The average molecular weight is 384 g/mol. The number of aromatic nitrogens is 1. The maximum atomic E-state index is 6.10. The Labute approximate surface area is 163 Å². The number of nitrogens with zero attached hydrogens (tertiary/aromatic N) is 4. The second-order valence-electron chi connectivity index (χ2n) is 7.48. The van der Waals surface area contributed by atoms with Crippen molar-refractivity contribution in [2.75, 3.05) is 46.9 Å². The molecule has 2 rings (SSSR count). The number of hydrogen-bond acceptors (Lipinski definition) is 3. The number of rotatable bonds is 7. The molecule has 0 amide bonds. The number of ether oxygens (including phenoxy) is 1. The molecule has 0 aromatic carbocycles. The van der Waals surface area contributed by atoms with Crippen molar-refractivity contribution in [2.45, 2.75) is 32.9 Å². The Bertz CT molecular complexity index is 580. The van der Waals surface area contributed by atoms with Crippen LogP contribution in [0.15, 0.2) is 17.3 Å². The maximum Gasteiger partial charge on any atom is 0.193 e. The molecular formula is C19H34ClN5O. The molecule has 0 aliphatic carbocycles. The third kappa shape index (κ3) is 6.18. The highest BCUT2D eigenvalue weighted by Gasteiger charge is 2.22. The van der Waals surface area contributed by atoms with Crippen molar-refractivity contribution in [1.29, 1.82) is 0 Å². The Balaban J connectivity index is 1.94. The van der Waals surface area contributed by atoms with Gasteiger partial charge in [0.1, 0.15) is 0 Å². The van der Waals surface area contributed by atoms with Gasteiger partial charge >= 0.3 is 0 Å². The summed E-state index contributed by atoms with van der Waals surface area (Å²) < 4.78 is 7.57. The van der Waals surface area contributed by atoms with Crippen molar-refractivity contribution in [1.82, 2.24) is 19.7 Å². The fourth-order valence-electron chi connectivity index (χ4n) is 3.48. The second-order valence-corrected chi connectivity index (χ2v) is 7.91.